The van der Waals surface area contributed by atoms with Crippen molar-refractivity contribution in [2.75, 3.05) is 13.7 Å². The van der Waals surface area contributed by atoms with Crippen LogP contribution < -0.4 is 9.47 Å². The van der Waals surface area contributed by atoms with Gasteiger partial charge in [-0.2, -0.15) is 0 Å². The van der Waals surface area contributed by atoms with Crippen molar-refractivity contribution in [1.82, 2.24) is 0 Å². The summed E-state index contributed by atoms with van der Waals surface area (Å²) < 4.78 is 21.9. The summed E-state index contributed by atoms with van der Waals surface area (Å²) in [5.74, 6) is -2.00. The first-order chi connectivity index (χ1) is 13.4. The van der Waals surface area contributed by atoms with Crippen LogP contribution in [0.1, 0.15) is 0 Å². The van der Waals surface area contributed by atoms with Crippen LogP contribution in [-0.2, 0) is 9.47 Å². The fourth-order valence-corrected chi connectivity index (χ4v) is 3.30. The van der Waals surface area contributed by atoms with Crippen LogP contribution in [0.5, 0.6) is 23.0 Å². The first-order valence-corrected chi connectivity index (χ1v) is 8.61. The zero-order chi connectivity index (χ0) is 20.1. The van der Waals surface area contributed by atoms with E-state index >= 15 is 0 Å². The molecule has 0 aliphatic carbocycles. The minimum absolute atomic E-state index is 0.0799. The lowest BCUT2D eigenvalue weighted by molar-refractivity contribution is -0.253. The minimum Gasteiger partial charge on any atom is -0.504 e. The van der Waals surface area contributed by atoms with Gasteiger partial charge in [-0.15, -0.1) is 0 Å². The summed E-state index contributed by atoms with van der Waals surface area (Å²) in [7, 11) is 1.36. The number of ether oxygens (including phenoxy) is 4. The van der Waals surface area contributed by atoms with Crippen LogP contribution in [0.4, 0.5) is 0 Å². The Bertz CT molecular complexity index is 886. The van der Waals surface area contributed by atoms with Gasteiger partial charge in [-0.1, -0.05) is 18.2 Å². The van der Waals surface area contributed by atoms with Crippen molar-refractivity contribution in [2.24, 2.45) is 0 Å². The monoisotopic (exact) mass is 392 g/mol. The predicted molar refractivity (Wildman–Crippen MR) is 94.0 cm³/mol. The number of aliphatic hydroxyl groups excluding tert-OH is 3. The van der Waals surface area contributed by atoms with E-state index in [2.05, 4.69) is 0 Å². The lowest BCUT2D eigenvalue weighted by atomic mass is 10.0. The Kier molecular flexibility index (Phi) is 4.56. The highest BCUT2D eigenvalue weighted by atomic mass is 17.0. The molecule has 0 saturated carbocycles. The number of phenols is 2. The maximum atomic E-state index is 10.1. The lowest BCUT2D eigenvalue weighted by Crippen LogP contribution is -2.54. The highest BCUT2D eigenvalue weighted by Crippen LogP contribution is 2.49. The minimum atomic E-state index is -1.63. The van der Waals surface area contributed by atoms with Gasteiger partial charge in [-0.25, -0.2) is 0 Å². The number of fused-ring (bicyclic) bond motifs is 1. The van der Waals surface area contributed by atoms with Gasteiger partial charge in [0.25, 0.3) is 0 Å². The molecule has 0 spiro atoms. The first-order valence-electron chi connectivity index (χ1n) is 8.61. The molecule has 9 heteroatoms. The average Bonchev–Trinajstić information content (AvgIpc) is 3.41. The van der Waals surface area contributed by atoms with Crippen molar-refractivity contribution in [3.8, 4) is 34.1 Å². The Labute approximate surface area is 159 Å². The molecule has 2 heterocycles. The third kappa shape index (κ3) is 2.93. The number of epoxide rings is 1. The van der Waals surface area contributed by atoms with E-state index in [1.54, 1.807) is 24.3 Å². The summed E-state index contributed by atoms with van der Waals surface area (Å²) in [4.78, 5) is 0. The van der Waals surface area contributed by atoms with Crippen molar-refractivity contribution < 1.29 is 44.5 Å². The molecule has 4 rings (SSSR count). The molecule has 5 atom stereocenters. The lowest BCUT2D eigenvalue weighted by Gasteiger charge is -2.32. The standard InChI is InChI=1S/C19H20O9/c1-25-13-7-9(6-11(21)15(13)22)10-4-2-3-5-12(10)26-19-18(28-19)17(24)16(23)14(8-20)27-19/h2-7,14,16-18,20-24H,8H2,1H3. The van der Waals surface area contributed by atoms with Gasteiger partial charge in [0.2, 0.25) is 5.75 Å². The molecule has 2 aromatic rings. The second kappa shape index (κ2) is 6.80. The maximum absolute atomic E-state index is 10.1. The number of hydrogen-bond acceptors (Lipinski definition) is 9. The summed E-state index contributed by atoms with van der Waals surface area (Å²) in [6.07, 6.45) is -4.57. The van der Waals surface area contributed by atoms with Crippen molar-refractivity contribution in [2.45, 2.75) is 30.4 Å². The maximum Gasteiger partial charge on any atom is 0.359 e. The van der Waals surface area contributed by atoms with Crippen LogP contribution in [0.15, 0.2) is 36.4 Å². The average molecular weight is 392 g/mol. The molecule has 5 unspecified atom stereocenters. The van der Waals surface area contributed by atoms with Crippen LogP contribution in [0.3, 0.4) is 0 Å². The van der Waals surface area contributed by atoms with E-state index in [0.29, 0.717) is 16.9 Å². The van der Waals surface area contributed by atoms with Crippen LogP contribution in [0, 0.1) is 0 Å². The number of rotatable bonds is 5. The summed E-state index contributed by atoms with van der Waals surface area (Å²) in [6.45, 7) is -0.524. The van der Waals surface area contributed by atoms with Crippen molar-refractivity contribution >= 4 is 0 Å². The van der Waals surface area contributed by atoms with Gasteiger partial charge in [-0.3, -0.25) is 4.74 Å². The Hall–Kier alpha value is -2.56. The third-order valence-corrected chi connectivity index (χ3v) is 4.84. The normalized spacial score (nSPS) is 31.1. The zero-order valence-corrected chi connectivity index (χ0v) is 14.8. The number of hydrogen-bond donors (Lipinski definition) is 5. The smallest absolute Gasteiger partial charge is 0.359 e. The van der Waals surface area contributed by atoms with Crippen molar-refractivity contribution in [1.29, 1.82) is 0 Å². The van der Waals surface area contributed by atoms with Crippen LogP contribution in [0.25, 0.3) is 11.1 Å². The van der Waals surface area contributed by atoms with Crippen LogP contribution in [-0.4, -0.2) is 69.6 Å². The van der Waals surface area contributed by atoms with Crippen molar-refractivity contribution in [3.05, 3.63) is 36.4 Å². The van der Waals surface area contributed by atoms with E-state index < -0.39 is 37.0 Å². The second-order valence-electron chi connectivity index (χ2n) is 6.61. The van der Waals surface area contributed by atoms with Gasteiger partial charge in [0.15, 0.2) is 17.6 Å². The van der Waals surface area contributed by atoms with E-state index in [1.165, 1.54) is 19.2 Å². The molecule has 9 nitrogen and oxygen atoms in total. The Morgan fingerprint density at radius 2 is 1.79 bits per heavy atom. The van der Waals surface area contributed by atoms with E-state index in [-0.39, 0.29) is 17.2 Å². The number of para-hydroxylation sites is 1. The van der Waals surface area contributed by atoms with E-state index in [0.717, 1.165) is 0 Å². The molecule has 28 heavy (non-hydrogen) atoms. The molecule has 5 N–H and O–H groups in total. The topological polar surface area (TPSA) is 141 Å². The van der Waals surface area contributed by atoms with Crippen LogP contribution >= 0.6 is 0 Å². The summed E-state index contributed by atoms with van der Waals surface area (Å²) in [6, 6.07) is 9.68. The molecule has 150 valence electrons. The predicted octanol–water partition coefficient (Wildman–Crippen LogP) is 0.318. The molecule has 2 aromatic carbocycles. The van der Waals surface area contributed by atoms with E-state index in [4.69, 9.17) is 18.9 Å². The Morgan fingerprint density at radius 1 is 1.04 bits per heavy atom. The highest BCUT2D eigenvalue weighted by Gasteiger charge is 2.71. The Morgan fingerprint density at radius 3 is 2.50 bits per heavy atom. The zero-order valence-electron chi connectivity index (χ0n) is 14.8. The molecule has 0 amide bonds. The number of methoxy groups -OCH3 is 1. The number of aliphatic hydroxyl groups is 3. The SMILES string of the molecule is COc1cc(-c2ccccc2OC23OC(CO)C(O)C(O)C2O3)cc(O)c1O. The number of benzene rings is 2. The van der Waals surface area contributed by atoms with Gasteiger partial charge in [0.1, 0.15) is 24.1 Å². The van der Waals surface area contributed by atoms with Gasteiger partial charge in [0.05, 0.1) is 13.7 Å². The fraction of sp³-hybridized carbons (Fsp3) is 0.368. The molecule has 0 bridgehead atoms. The summed E-state index contributed by atoms with van der Waals surface area (Å²) in [5, 5.41) is 49.2. The Balaban J connectivity index is 1.68. The number of aromatic hydroxyl groups is 2. The molecule has 2 aliphatic rings. The largest absolute Gasteiger partial charge is 0.504 e. The van der Waals surface area contributed by atoms with E-state index in [1.807, 2.05) is 0 Å². The van der Waals surface area contributed by atoms with Gasteiger partial charge in [0, 0.05) is 5.56 Å². The van der Waals surface area contributed by atoms with Crippen LogP contribution in [0.2, 0.25) is 0 Å². The van der Waals surface area contributed by atoms with Gasteiger partial charge >= 0.3 is 5.97 Å². The van der Waals surface area contributed by atoms with E-state index in [9.17, 15) is 25.5 Å². The van der Waals surface area contributed by atoms with Gasteiger partial charge < -0.3 is 39.7 Å². The summed E-state index contributed by atoms with van der Waals surface area (Å²) >= 11 is 0. The second-order valence-corrected chi connectivity index (χ2v) is 6.61. The molecular formula is C19H20O9. The fourth-order valence-electron chi connectivity index (χ4n) is 3.30. The molecule has 0 radical (unpaired) electrons. The summed E-state index contributed by atoms with van der Waals surface area (Å²) in [5.41, 5.74) is 1.02. The number of phenolic OH excluding ortho intramolecular Hbond substituents is 2. The first kappa shape index (κ1) is 18.8. The highest BCUT2D eigenvalue weighted by molar-refractivity contribution is 5.75. The molecule has 2 saturated heterocycles. The molecule has 2 fully saturated rings. The van der Waals surface area contributed by atoms with Crippen molar-refractivity contribution in [3.63, 3.8) is 0 Å². The molecular weight excluding hydrogens is 372 g/mol. The van der Waals surface area contributed by atoms with Gasteiger partial charge in [-0.05, 0) is 23.8 Å². The molecule has 2 aliphatic heterocycles. The quantitative estimate of drug-likeness (QED) is 0.359. The third-order valence-electron chi connectivity index (χ3n) is 4.84. The molecule has 0 aromatic heterocycles.